The number of ether oxygens (including phenoxy) is 4. The molecule has 11 nitrogen and oxygen atoms in total. The Hall–Kier alpha value is -4.31. The second-order valence-electron chi connectivity index (χ2n) is 13.3. The van der Waals surface area contributed by atoms with E-state index < -0.39 is 10.1 Å². The van der Waals surface area contributed by atoms with Crippen LogP contribution in [-0.4, -0.2) is 59.0 Å². The van der Waals surface area contributed by atoms with Crippen molar-refractivity contribution in [3.05, 3.63) is 111 Å². The Morgan fingerprint density at radius 1 is 0.755 bits per heavy atom. The first-order valence-electron chi connectivity index (χ1n) is 17.6. The van der Waals surface area contributed by atoms with E-state index in [9.17, 15) is 13.0 Å². The molecule has 0 fully saturated rings. The van der Waals surface area contributed by atoms with Crippen molar-refractivity contribution in [3.63, 3.8) is 0 Å². The zero-order valence-electron chi connectivity index (χ0n) is 29.5. The Kier molecular flexibility index (Phi) is 10.2. The van der Waals surface area contributed by atoms with E-state index in [1.165, 1.54) is 22.8 Å². The van der Waals surface area contributed by atoms with Gasteiger partial charge in [-0.25, -0.2) is 0 Å². The summed E-state index contributed by atoms with van der Waals surface area (Å²) in [6, 6.07) is 20.2. The van der Waals surface area contributed by atoms with Crippen molar-refractivity contribution in [3.8, 4) is 32.6 Å². The summed E-state index contributed by atoms with van der Waals surface area (Å²) in [4.78, 5) is 1.74. The van der Waals surface area contributed by atoms with Crippen molar-refractivity contribution in [2.75, 3.05) is 26.4 Å². The number of fused-ring (bicyclic) bond motifs is 6. The highest BCUT2D eigenvalue weighted by Crippen LogP contribution is 2.45. The number of rotatable bonds is 13. The number of nitrogens with zero attached hydrogens (tertiary/aromatic N) is 4. The van der Waals surface area contributed by atoms with Gasteiger partial charge in [-0.15, -0.1) is 22.7 Å². The molecule has 0 saturated carbocycles. The molecule has 6 aromatic rings. The zero-order chi connectivity index (χ0) is 36.5. The predicted molar refractivity (Wildman–Crippen MR) is 204 cm³/mol. The summed E-state index contributed by atoms with van der Waals surface area (Å²) in [5.74, 6) is 1.34. The van der Waals surface area contributed by atoms with Crippen LogP contribution in [0.25, 0.3) is 21.1 Å². The third kappa shape index (κ3) is 7.70. The van der Waals surface area contributed by atoms with Gasteiger partial charge in [0.2, 0.25) is 0 Å². The normalized spacial score (nSPS) is 13.6. The average molecular weight is 773 g/mol. The van der Waals surface area contributed by atoms with Gasteiger partial charge < -0.3 is 18.9 Å². The molecule has 14 heteroatoms. The second-order valence-corrected chi connectivity index (χ2v) is 17.0. The van der Waals surface area contributed by atoms with E-state index in [0.29, 0.717) is 69.6 Å². The van der Waals surface area contributed by atoms with Crippen LogP contribution in [0.4, 0.5) is 0 Å². The van der Waals surface area contributed by atoms with Gasteiger partial charge in [-0.1, -0.05) is 59.7 Å². The average Bonchev–Trinajstić information content (AvgIpc) is 3.87. The van der Waals surface area contributed by atoms with E-state index in [2.05, 4.69) is 65.5 Å². The highest BCUT2D eigenvalue weighted by molar-refractivity contribution is 7.88. The number of thiophene rings is 2. The van der Waals surface area contributed by atoms with Crippen molar-refractivity contribution in [2.45, 2.75) is 63.6 Å². The van der Waals surface area contributed by atoms with Gasteiger partial charge in [0.15, 0.2) is 4.21 Å². The standard InChI is InChI=1S/C39H40N4O7S3/c1-25-4-8-27(9-5-25)21-42-36-29(12-17-49-33-14-19-51-38(33)36)31(40-42)23-47-15-3-16-48-24-32-30-13-18-50-34-20-35(53(44,45)46)52-39(34)37(30)43(41-32)22-28-10-6-26(2)7-11-28/h4-11,14,19-20H,3,12-13,15-18,21-24H2,1-2H3,(H,44,45,46). The van der Waals surface area contributed by atoms with Crippen molar-refractivity contribution in [2.24, 2.45) is 0 Å². The molecule has 2 aromatic carbocycles. The maximum absolute atomic E-state index is 12.0. The van der Waals surface area contributed by atoms with E-state index in [1.807, 2.05) is 17.7 Å². The maximum Gasteiger partial charge on any atom is 0.304 e. The van der Waals surface area contributed by atoms with Gasteiger partial charge in [-0.3, -0.25) is 13.9 Å². The van der Waals surface area contributed by atoms with Crippen molar-refractivity contribution in [1.82, 2.24) is 19.6 Å². The SMILES string of the molecule is Cc1ccc(Cn2nc(COCCCOCc3nn(Cc4ccc(C)cc4)c4c3CCOc3cc(S(=O)(=O)O)sc3-4)c3c2-c2sccc2OCC3)cc1. The van der Waals surface area contributed by atoms with Crippen LogP contribution in [0.5, 0.6) is 11.5 Å². The van der Waals surface area contributed by atoms with Gasteiger partial charge in [0.05, 0.1) is 72.0 Å². The molecule has 0 aliphatic carbocycles. The Balaban J connectivity index is 0.937. The summed E-state index contributed by atoms with van der Waals surface area (Å²) in [6.07, 6.45) is 2.04. The minimum Gasteiger partial charge on any atom is -0.492 e. The number of aromatic nitrogens is 4. The lowest BCUT2D eigenvalue weighted by molar-refractivity contribution is 0.0665. The summed E-state index contributed by atoms with van der Waals surface area (Å²) in [5, 5.41) is 12.1. The molecule has 0 amide bonds. The van der Waals surface area contributed by atoms with Gasteiger partial charge >= 0.3 is 10.1 Å². The first kappa shape index (κ1) is 35.7. The van der Waals surface area contributed by atoms with Crippen LogP contribution >= 0.6 is 22.7 Å². The molecule has 2 aliphatic heterocycles. The third-order valence-electron chi connectivity index (χ3n) is 9.44. The van der Waals surface area contributed by atoms with Crippen LogP contribution < -0.4 is 9.47 Å². The van der Waals surface area contributed by atoms with E-state index in [1.54, 1.807) is 11.3 Å². The third-order valence-corrected chi connectivity index (χ3v) is 12.8. The van der Waals surface area contributed by atoms with E-state index in [-0.39, 0.29) is 10.8 Å². The van der Waals surface area contributed by atoms with Crippen LogP contribution in [0.1, 0.15) is 51.2 Å². The highest BCUT2D eigenvalue weighted by atomic mass is 32.3. The van der Waals surface area contributed by atoms with Gasteiger partial charge in [0.1, 0.15) is 11.5 Å². The fourth-order valence-corrected chi connectivity index (χ4v) is 9.54. The fourth-order valence-electron chi connectivity index (χ4n) is 6.79. The van der Waals surface area contributed by atoms with Crippen molar-refractivity contribution >= 4 is 32.8 Å². The summed E-state index contributed by atoms with van der Waals surface area (Å²) in [6.45, 7) is 7.90. The Bertz CT molecular complexity index is 2340. The fraction of sp³-hybridized carbons (Fsp3) is 0.333. The molecule has 2 aliphatic rings. The first-order chi connectivity index (χ1) is 25.7. The highest BCUT2D eigenvalue weighted by Gasteiger charge is 2.30. The Morgan fingerprint density at radius 2 is 1.28 bits per heavy atom. The van der Waals surface area contributed by atoms with Crippen LogP contribution in [0.15, 0.2) is 70.3 Å². The summed E-state index contributed by atoms with van der Waals surface area (Å²) in [7, 11) is -4.39. The predicted octanol–water partition coefficient (Wildman–Crippen LogP) is 7.49. The number of hydrogen-bond acceptors (Lipinski definition) is 10. The van der Waals surface area contributed by atoms with Crippen LogP contribution in [0, 0.1) is 13.8 Å². The molecule has 0 saturated heterocycles. The van der Waals surface area contributed by atoms with Gasteiger partial charge in [-0.2, -0.15) is 18.6 Å². The molecule has 0 bridgehead atoms. The molecule has 0 atom stereocenters. The van der Waals surface area contributed by atoms with Gasteiger partial charge in [0.25, 0.3) is 0 Å². The van der Waals surface area contributed by atoms with E-state index >= 15 is 0 Å². The molecular formula is C39H40N4O7S3. The molecule has 1 N–H and O–H groups in total. The van der Waals surface area contributed by atoms with Gasteiger partial charge in [-0.05, 0) is 42.8 Å². The van der Waals surface area contributed by atoms with Crippen LogP contribution in [-0.2, 0) is 58.7 Å². The minimum absolute atomic E-state index is 0.157. The minimum atomic E-state index is -4.39. The van der Waals surface area contributed by atoms with Crippen LogP contribution in [0.2, 0.25) is 0 Å². The van der Waals surface area contributed by atoms with Crippen molar-refractivity contribution < 1.29 is 31.9 Å². The number of benzene rings is 2. The first-order valence-corrected chi connectivity index (χ1v) is 20.7. The number of aryl methyl sites for hydroxylation is 2. The lowest BCUT2D eigenvalue weighted by atomic mass is 10.1. The molecular weight excluding hydrogens is 733 g/mol. The van der Waals surface area contributed by atoms with Crippen LogP contribution in [0.3, 0.4) is 0 Å². The largest absolute Gasteiger partial charge is 0.492 e. The Morgan fingerprint density at radius 3 is 1.83 bits per heavy atom. The molecule has 53 heavy (non-hydrogen) atoms. The Labute approximate surface area is 316 Å². The molecule has 6 heterocycles. The maximum atomic E-state index is 12.0. The zero-order valence-corrected chi connectivity index (χ0v) is 32.0. The molecule has 0 unspecified atom stereocenters. The van der Waals surface area contributed by atoms with Crippen molar-refractivity contribution in [1.29, 1.82) is 0 Å². The van der Waals surface area contributed by atoms with Gasteiger partial charge in [0, 0.05) is 43.2 Å². The van der Waals surface area contributed by atoms with E-state index in [0.717, 1.165) is 67.9 Å². The summed E-state index contributed by atoms with van der Waals surface area (Å²) in [5.41, 5.74) is 10.4. The monoisotopic (exact) mass is 772 g/mol. The number of hydrogen-bond donors (Lipinski definition) is 1. The molecule has 8 rings (SSSR count). The topological polar surface area (TPSA) is 127 Å². The summed E-state index contributed by atoms with van der Waals surface area (Å²) < 4.78 is 62.1. The molecule has 0 spiro atoms. The summed E-state index contributed by atoms with van der Waals surface area (Å²) >= 11 is 2.67. The second kappa shape index (κ2) is 15.2. The molecule has 276 valence electrons. The molecule has 0 radical (unpaired) electrons. The molecule has 4 aromatic heterocycles. The smallest absolute Gasteiger partial charge is 0.304 e. The lowest BCUT2D eigenvalue weighted by Gasteiger charge is -2.08. The van der Waals surface area contributed by atoms with E-state index in [4.69, 9.17) is 29.1 Å². The quantitative estimate of drug-likeness (QED) is 0.0939. The lowest BCUT2D eigenvalue weighted by Crippen LogP contribution is -2.07.